The van der Waals surface area contributed by atoms with Crippen LogP contribution in [0.5, 0.6) is 0 Å². The van der Waals surface area contributed by atoms with E-state index in [0.717, 1.165) is 36.2 Å². The Kier molecular flexibility index (Phi) is 5.78. The maximum absolute atomic E-state index is 17.3. The molecule has 1 aliphatic carbocycles. The summed E-state index contributed by atoms with van der Waals surface area (Å²) in [6.07, 6.45) is 2.01. The molecule has 2 aliphatic rings. The fourth-order valence-corrected chi connectivity index (χ4v) is 7.71. The van der Waals surface area contributed by atoms with Crippen LogP contribution < -0.4 is 4.90 Å². The minimum Gasteiger partial charge on any atom is -0.464 e. The van der Waals surface area contributed by atoms with Crippen molar-refractivity contribution >= 4 is 32.5 Å². The third-order valence-corrected chi connectivity index (χ3v) is 9.94. The van der Waals surface area contributed by atoms with Crippen LogP contribution in [0.4, 0.5) is 14.9 Å². The van der Waals surface area contributed by atoms with E-state index >= 15 is 4.39 Å². The van der Waals surface area contributed by atoms with E-state index in [1.807, 2.05) is 12.1 Å². The lowest BCUT2D eigenvalue weighted by atomic mass is 9.98. The van der Waals surface area contributed by atoms with Crippen LogP contribution in [-0.4, -0.2) is 47.5 Å². The summed E-state index contributed by atoms with van der Waals surface area (Å²) in [4.78, 5) is 14.4. The summed E-state index contributed by atoms with van der Waals surface area (Å²) in [5.74, 6) is -1.78. The first-order valence-corrected chi connectivity index (χ1v) is 14.1. The van der Waals surface area contributed by atoms with Gasteiger partial charge in [-0.3, -0.25) is 0 Å². The van der Waals surface area contributed by atoms with Gasteiger partial charge in [0.25, 0.3) is 10.9 Å². The highest BCUT2D eigenvalue weighted by Crippen LogP contribution is 2.50. The SMILES string of the molecule is Cc1nnc(C(F)(C2Cc3c(n(C(=O)O)c4ccc(N5CCCCC5)cc34)C2)S(=O)(=O)c2ccccc2)o1. The Labute approximate surface area is 218 Å². The summed E-state index contributed by atoms with van der Waals surface area (Å²) < 4.78 is 51.5. The highest BCUT2D eigenvalue weighted by atomic mass is 32.2. The molecular weight excluding hydrogens is 511 g/mol. The van der Waals surface area contributed by atoms with Gasteiger partial charge in [0.2, 0.25) is 15.7 Å². The number of alkyl halides is 1. The number of carbonyl (C=O) groups is 1. The van der Waals surface area contributed by atoms with Gasteiger partial charge in [-0.2, -0.15) is 0 Å². The van der Waals surface area contributed by atoms with Crippen molar-refractivity contribution in [2.45, 2.75) is 48.9 Å². The Bertz CT molecular complexity index is 1640. The first-order chi connectivity index (χ1) is 18.2. The Balaban J connectivity index is 1.49. The Morgan fingerprint density at radius 2 is 1.82 bits per heavy atom. The minimum absolute atomic E-state index is 0.000439. The zero-order chi connectivity index (χ0) is 26.7. The van der Waals surface area contributed by atoms with Gasteiger partial charge in [-0.15, -0.1) is 10.2 Å². The van der Waals surface area contributed by atoms with Gasteiger partial charge in [0, 0.05) is 42.7 Å². The quantitative estimate of drug-likeness (QED) is 0.383. The van der Waals surface area contributed by atoms with Crippen LogP contribution in [0.1, 0.15) is 42.3 Å². The molecule has 6 rings (SSSR count). The molecule has 2 aromatic heterocycles. The van der Waals surface area contributed by atoms with Crippen LogP contribution in [0, 0.1) is 12.8 Å². The number of halogens is 1. The molecule has 3 heterocycles. The standard InChI is InChI=1S/C27H27FN4O5S/c1-17-29-30-25(37-17)27(28,38(35,36)20-8-4-2-5-9-20)18-14-21-22-16-19(31-12-6-3-7-13-31)10-11-23(22)32(26(33)34)24(21)15-18/h2,4-5,8-11,16,18H,3,6-7,12-15H2,1H3,(H,33,34). The van der Waals surface area contributed by atoms with Gasteiger partial charge in [0.05, 0.1) is 10.4 Å². The van der Waals surface area contributed by atoms with Gasteiger partial charge >= 0.3 is 6.09 Å². The molecule has 9 nitrogen and oxygen atoms in total. The van der Waals surface area contributed by atoms with E-state index in [0.29, 0.717) is 22.2 Å². The van der Waals surface area contributed by atoms with Crippen LogP contribution in [0.15, 0.2) is 57.8 Å². The zero-order valence-electron chi connectivity index (χ0n) is 20.8. The minimum atomic E-state index is -4.66. The molecule has 2 unspecified atom stereocenters. The lowest BCUT2D eigenvalue weighted by molar-refractivity contribution is 0.137. The van der Waals surface area contributed by atoms with E-state index in [4.69, 9.17) is 4.42 Å². The number of anilines is 1. The molecule has 0 radical (unpaired) electrons. The summed E-state index contributed by atoms with van der Waals surface area (Å²) in [6.45, 7) is 3.29. The molecule has 1 N–H and O–H groups in total. The molecule has 1 fully saturated rings. The Morgan fingerprint density at radius 1 is 1.08 bits per heavy atom. The number of hydrogen-bond acceptors (Lipinski definition) is 7. The number of piperidine rings is 1. The highest BCUT2D eigenvalue weighted by Gasteiger charge is 2.59. The maximum Gasteiger partial charge on any atom is 0.416 e. The van der Waals surface area contributed by atoms with Gasteiger partial charge in [0.1, 0.15) is 0 Å². The third-order valence-electron chi connectivity index (χ3n) is 7.75. The van der Waals surface area contributed by atoms with E-state index in [9.17, 15) is 18.3 Å². The summed E-state index contributed by atoms with van der Waals surface area (Å²) in [5, 5.41) is 15.2. The molecule has 0 bridgehead atoms. The van der Waals surface area contributed by atoms with Crippen LogP contribution in [0.3, 0.4) is 0 Å². The molecule has 2 aromatic carbocycles. The van der Waals surface area contributed by atoms with Gasteiger partial charge in [-0.05, 0) is 68.0 Å². The molecule has 1 aliphatic heterocycles. The average Bonchev–Trinajstić information content (AvgIpc) is 3.63. The molecule has 38 heavy (non-hydrogen) atoms. The highest BCUT2D eigenvalue weighted by molar-refractivity contribution is 7.92. The molecule has 1 saturated heterocycles. The van der Waals surface area contributed by atoms with Gasteiger partial charge < -0.3 is 14.4 Å². The van der Waals surface area contributed by atoms with Crippen LogP contribution in [0.25, 0.3) is 10.9 Å². The maximum atomic E-state index is 17.3. The lowest BCUT2D eigenvalue weighted by Gasteiger charge is -2.29. The summed E-state index contributed by atoms with van der Waals surface area (Å²) >= 11 is 0. The molecular formula is C27H27FN4O5S. The van der Waals surface area contributed by atoms with Crippen molar-refractivity contribution in [1.82, 2.24) is 14.8 Å². The van der Waals surface area contributed by atoms with E-state index in [2.05, 4.69) is 15.1 Å². The summed E-state index contributed by atoms with van der Waals surface area (Å²) in [5.41, 5.74) is 2.50. The number of benzene rings is 2. The number of carboxylic acid groups (broad SMARTS) is 1. The van der Waals surface area contributed by atoms with Crippen molar-refractivity contribution in [3.63, 3.8) is 0 Å². The molecule has 11 heteroatoms. The number of fused-ring (bicyclic) bond motifs is 3. The van der Waals surface area contributed by atoms with Crippen molar-refractivity contribution in [3.8, 4) is 0 Å². The monoisotopic (exact) mass is 538 g/mol. The number of aryl methyl sites for hydroxylation is 1. The smallest absolute Gasteiger partial charge is 0.416 e. The summed E-state index contributed by atoms with van der Waals surface area (Å²) in [7, 11) is -4.66. The topological polar surface area (TPSA) is 119 Å². The number of hydrogen-bond donors (Lipinski definition) is 1. The van der Waals surface area contributed by atoms with Crippen molar-refractivity contribution in [2.75, 3.05) is 18.0 Å². The Hall–Kier alpha value is -3.73. The van der Waals surface area contributed by atoms with Crippen molar-refractivity contribution in [2.24, 2.45) is 5.92 Å². The fourth-order valence-electron chi connectivity index (χ4n) is 5.94. The second-order valence-electron chi connectivity index (χ2n) is 9.99. The predicted octanol–water partition coefficient (Wildman–Crippen LogP) is 4.86. The second kappa shape index (κ2) is 8.93. The largest absolute Gasteiger partial charge is 0.464 e. The molecule has 2 atom stereocenters. The normalized spacial score (nSPS) is 19.4. The molecule has 0 saturated carbocycles. The molecule has 4 aromatic rings. The summed E-state index contributed by atoms with van der Waals surface area (Å²) in [6, 6.07) is 13.0. The van der Waals surface area contributed by atoms with Crippen LogP contribution >= 0.6 is 0 Å². The van der Waals surface area contributed by atoms with Crippen LogP contribution in [-0.2, 0) is 27.7 Å². The molecule has 0 amide bonds. The van der Waals surface area contributed by atoms with E-state index < -0.39 is 32.7 Å². The second-order valence-corrected chi connectivity index (χ2v) is 12.1. The van der Waals surface area contributed by atoms with Gasteiger partial charge in [0.15, 0.2) is 0 Å². The molecule has 198 valence electrons. The first kappa shape index (κ1) is 24.6. The first-order valence-electron chi connectivity index (χ1n) is 12.7. The van der Waals surface area contributed by atoms with Gasteiger partial charge in [-0.25, -0.2) is 22.2 Å². The lowest BCUT2D eigenvalue weighted by Crippen LogP contribution is -2.40. The van der Waals surface area contributed by atoms with Crippen LogP contribution in [0.2, 0.25) is 0 Å². The van der Waals surface area contributed by atoms with E-state index in [1.165, 1.54) is 37.6 Å². The van der Waals surface area contributed by atoms with E-state index in [1.54, 1.807) is 12.1 Å². The van der Waals surface area contributed by atoms with Crippen molar-refractivity contribution < 1.29 is 27.1 Å². The third kappa shape index (κ3) is 3.63. The number of nitrogens with zero attached hydrogens (tertiary/aromatic N) is 4. The van der Waals surface area contributed by atoms with Crippen molar-refractivity contribution in [3.05, 3.63) is 71.6 Å². The average molecular weight is 539 g/mol. The zero-order valence-corrected chi connectivity index (χ0v) is 21.6. The van der Waals surface area contributed by atoms with Gasteiger partial charge in [-0.1, -0.05) is 18.2 Å². The number of aromatic nitrogens is 3. The number of sulfone groups is 1. The van der Waals surface area contributed by atoms with Crippen molar-refractivity contribution in [1.29, 1.82) is 0 Å². The molecule has 0 spiro atoms. The number of rotatable bonds is 5. The Morgan fingerprint density at radius 3 is 2.47 bits per heavy atom. The predicted molar refractivity (Wildman–Crippen MR) is 138 cm³/mol. The fraction of sp³-hybridized carbons (Fsp3) is 0.370. The van der Waals surface area contributed by atoms with E-state index in [-0.39, 0.29) is 23.6 Å².